The van der Waals surface area contributed by atoms with Crippen LogP contribution in [-0.4, -0.2) is 24.8 Å². The molecule has 20 heavy (non-hydrogen) atoms. The molecule has 0 saturated heterocycles. The number of esters is 1. The first kappa shape index (κ1) is 19.2. The lowest BCUT2D eigenvalue weighted by Crippen LogP contribution is -2.29. The summed E-state index contributed by atoms with van der Waals surface area (Å²) in [4.78, 5) is 11.2. The minimum atomic E-state index is -0.294. The van der Waals surface area contributed by atoms with Crippen LogP contribution in [0.4, 0.5) is 0 Å². The molecule has 0 aromatic heterocycles. The Bertz CT molecular complexity index is 273. The third kappa shape index (κ3) is 10.0. The van der Waals surface area contributed by atoms with E-state index in [1.807, 2.05) is 0 Å². The first-order chi connectivity index (χ1) is 9.58. The molecule has 0 saturated carbocycles. The normalized spacial score (nSPS) is 14.4. The van der Waals surface area contributed by atoms with Crippen LogP contribution < -0.4 is 0 Å². The summed E-state index contributed by atoms with van der Waals surface area (Å²) in [6.07, 6.45) is 11.4. The number of carbonyl (C=O) groups excluding carboxylic acids is 1. The van der Waals surface area contributed by atoms with Crippen LogP contribution in [0.2, 0.25) is 0 Å². The maximum Gasteiger partial charge on any atom is 0.330 e. The van der Waals surface area contributed by atoms with Crippen molar-refractivity contribution in [2.24, 2.45) is 0 Å². The topological polar surface area (TPSA) is 35.5 Å². The molecule has 0 amide bonds. The van der Waals surface area contributed by atoms with E-state index in [-0.39, 0.29) is 11.6 Å². The lowest BCUT2D eigenvalue weighted by Gasteiger charge is -2.29. The molecule has 0 spiro atoms. The summed E-state index contributed by atoms with van der Waals surface area (Å²) in [6, 6.07) is 0. The Hall–Kier alpha value is -0.830. The van der Waals surface area contributed by atoms with Crippen molar-refractivity contribution < 1.29 is 14.3 Å². The Labute approximate surface area is 124 Å². The van der Waals surface area contributed by atoms with Crippen LogP contribution >= 0.6 is 0 Å². The molecule has 0 aliphatic carbocycles. The van der Waals surface area contributed by atoms with Gasteiger partial charge in [-0.3, -0.25) is 0 Å². The van der Waals surface area contributed by atoms with E-state index >= 15 is 0 Å². The van der Waals surface area contributed by atoms with Crippen LogP contribution in [-0.2, 0) is 14.3 Å². The molecule has 0 rings (SSSR count). The Morgan fingerprint density at radius 2 is 1.70 bits per heavy atom. The van der Waals surface area contributed by atoms with E-state index in [0.717, 1.165) is 12.8 Å². The van der Waals surface area contributed by atoms with Crippen molar-refractivity contribution >= 4 is 5.97 Å². The average molecular weight is 284 g/mol. The van der Waals surface area contributed by atoms with Crippen LogP contribution in [0.5, 0.6) is 0 Å². The molecule has 0 aromatic rings. The van der Waals surface area contributed by atoms with E-state index in [0.29, 0.717) is 13.2 Å². The highest BCUT2D eigenvalue weighted by molar-refractivity contribution is 5.81. The summed E-state index contributed by atoms with van der Waals surface area (Å²) in [5.41, 5.74) is -0.0653. The van der Waals surface area contributed by atoms with Gasteiger partial charge in [-0.1, -0.05) is 52.0 Å². The molecule has 3 heteroatoms. The molecular formula is C17H32O3. The maximum absolute atomic E-state index is 11.2. The molecule has 0 N–H and O–H groups in total. The van der Waals surface area contributed by atoms with Crippen molar-refractivity contribution in [3.63, 3.8) is 0 Å². The van der Waals surface area contributed by atoms with Gasteiger partial charge in [-0.05, 0) is 26.7 Å². The second-order valence-corrected chi connectivity index (χ2v) is 5.48. The summed E-state index contributed by atoms with van der Waals surface area (Å²) >= 11 is 0. The van der Waals surface area contributed by atoms with Gasteiger partial charge >= 0.3 is 5.97 Å². The van der Waals surface area contributed by atoms with E-state index in [1.165, 1.54) is 38.2 Å². The Kier molecular flexibility index (Phi) is 11.5. The first-order valence-electron chi connectivity index (χ1n) is 8.05. The third-order valence-corrected chi connectivity index (χ3v) is 3.44. The highest BCUT2D eigenvalue weighted by Crippen LogP contribution is 2.25. The monoisotopic (exact) mass is 284 g/mol. The molecule has 0 radical (unpaired) electrons. The molecule has 3 nitrogen and oxygen atoms in total. The molecule has 0 aromatic carbocycles. The fourth-order valence-corrected chi connectivity index (χ4v) is 2.15. The molecule has 118 valence electrons. The predicted octanol–water partition coefficient (Wildman–Crippen LogP) is 4.65. The van der Waals surface area contributed by atoms with E-state index in [2.05, 4.69) is 20.8 Å². The van der Waals surface area contributed by atoms with Gasteiger partial charge in [0.05, 0.1) is 18.8 Å². The van der Waals surface area contributed by atoms with Crippen LogP contribution in [0.3, 0.4) is 0 Å². The van der Waals surface area contributed by atoms with Crippen molar-refractivity contribution in [2.45, 2.75) is 78.2 Å². The van der Waals surface area contributed by atoms with Gasteiger partial charge in [0.2, 0.25) is 0 Å². The van der Waals surface area contributed by atoms with Crippen LogP contribution in [0.15, 0.2) is 12.2 Å². The molecule has 0 heterocycles. The van der Waals surface area contributed by atoms with Crippen molar-refractivity contribution in [1.29, 1.82) is 0 Å². The van der Waals surface area contributed by atoms with Gasteiger partial charge in [0.15, 0.2) is 0 Å². The van der Waals surface area contributed by atoms with Crippen LogP contribution in [0.1, 0.15) is 72.6 Å². The summed E-state index contributed by atoms with van der Waals surface area (Å²) in [6.45, 7) is 9.30. The number of unbranched alkanes of at least 4 members (excludes halogenated alkanes) is 3. The molecule has 0 aliphatic heterocycles. The second kappa shape index (κ2) is 12.0. The largest absolute Gasteiger partial charge is 0.463 e. The number of rotatable bonds is 12. The number of ether oxygens (including phenoxy) is 2. The zero-order valence-electron chi connectivity index (χ0n) is 13.7. The van der Waals surface area contributed by atoms with Crippen molar-refractivity contribution in [3.05, 3.63) is 12.2 Å². The lowest BCUT2D eigenvalue weighted by molar-refractivity contribution is -0.137. The number of hydrogen-bond acceptors (Lipinski definition) is 3. The highest BCUT2D eigenvalue weighted by atomic mass is 16.5. The zero-order chi connectivity index (χ0) is 15.3. The number of hydrogen-bond donors (Lipinski definition) is 0. The fraction of sp³-hybridized carbons (Fsp3) is 0.824. The average Bonchev–Trinajstić information content (AvgIpc) is 2.42. The summed E-state index contributed by atoms with van der Waals surface area (Å²) in [5.74, 6) is -0.294. The van der Waals surface area contributed by atoms with Crippen molar-refractivity contribution in [2.75, 3.05) is 13.2 Å². The predicted molar refractivity (Wildman–Crippen MR) is 83.8 cm³/mol. The molecule has 0 fully saturated rings. The molecular weight excluding hydrogens is 252 g/mol. The Morgan fingerprint density at radius 1 is 1.05 bits per heavy atom. The quantitative estimate of drug-likeness (QED) is 0.297. The standard InChI is InChI=1S/C17H32O3/c1-5-8-10-14-17(4,13-9-6-2)20-15-11-12-16(18)19-7-3/h11-12H,5-10,13-15H2,1-4H3/b12-11+. The van der Waals surface area contributed by atoms with E-state index < -0.39 is 0 Å². The fourth-order valence-electron chi connectivity index (χ4n) is 2.15. The minimum absolute atomic E-state index is 0.0653. The summed E-state index contributed by atoms with van der Waals surface area (Å²) in [5, 5.41) is 0. The summed E-state index contributed by atoms with van der Waals surface area (Å²) in [7, 11) is 0. The highest BCUT2D eigenvalue weighted by Gasteiger charge is 2.23. The van der Waals surface area contributed by atoms with Crippen LogP contribution in [0, 0.1) is 0 Å². The minimum Gasteiger partial charge on any atom is -0.463 e. The van der Waals surface area contributed by atoms with Gasteiger partial charge in [0, 0.05) is 6.08 Å². The van der Waals surface area contributed by atoms with E-state index in [9.17, 15) is 4.79 Å². The van der Waals surface area contributed by atoms with E-state index in [4.69, 9.17) is 9.47 Å². The summed E-state index contributed by atoms with van der Waals surface area (Å²) < 4.78 is 10.8. The van der Waals surface area contributed by atoms with Gasteiger partial charge in [0.25, 0.3) is 0 Å². The molecule has 1 atom stereocenters. The van der Waals surface area contributed by atoms with Gasteiger partial charge in [-0.15, -0.1) is 0 Å². The van der Waals surface area contributed by atoms with Gasteiger partial charge in [0.1, 0.15) is 0 Å². The third-order valence-electron chi connectivity index (χ3n) is 3.44. The van der Waals surface area contributed by atoms with E-state index in [1.54, 1.807) is 13.0 Å². The maximum atomic E-state index is 11.2. The van der Waals surface area contributed by atoms with Gasteiger partial charge < -0.3 is 9.47 Å². The Balaban J connectivity index is 4.16. The van der Waals surface area contributed by atoms with Gasteiger partial charge in [-0.2, -0.15) is 0 Å². The first-order valence-corrected chi connectivity index (χ1v) is 8.05. The second-order valence-electron chi connectivity index (χ2n) is 5.48. The molecule has 0 bridgehead atoms. The SMILES string of the molecule is CCCCCC(C)(CCCC)OC/C=C/C(=O)OCC. The molecule has 1 unspecified atom stereocenters. The lowest BCUT2D eigenvalue weighted by atomic mass is 9.92. The van der Waals surface area contributed by atoms with Crippen molar-refractivity contribution in [1.82, 2.24) is 0 Å². The number of carbonyl (C=O) groups is 1. The Morgan fingerprint density at radius 3 is 2.30 bits per heavy atom. The smallest absolute Gasteiger partial charge is 0.330 e. The van der Waals surface area contributed by atoms with Crippen molar-refractivity contribution in [3.8, 4) is 0 Å². The van der Waals surface area contributed by atoms with Crippen LogP contribution in [0.25, 0.3) is 0 Å². The molecule has 0 aliphatic rings. The zero-order valence-corrected chi connectivity index (χ0v) is 13.7. The van der Waals surface area contributed by atoms with Gasteiger partial charge in [-0.25, -0.2) is 4.79 Å².